The van der Waals surface area contributed by atoms with Gasteiger partial charge in [-0.1, -0.05) is 13.8 Å². The maximum atomic E-state index is 12.5. The molecule has 12 nitrogen and oxygen atoms in total. The van der Waals surface area contributed by atoms with E-state index in [0.29, 0.717) is 0 Å². The zero-order chi connectivity index (χ0) is 23.0. The van der Waals surface area contributed by atoms with Crippen LogP contribution in [0.2, 0.25) is 0 Å². The van der Waals surface area contributed by atoms with Crippen molar-refractivity contribution in [2.75, 3.05) is 19.8 Å². The molecule has 0 amide bonds. The summed E-state index contributed by atoms with van der Waals surface area (Å²) >= 11 is 0. The molecule has 2 heterocycles. The summed E-state index contributed by atoms with van der Waals surface area (Å²) in [6.45, 7) is 1.67. The van der Waals surface area contributed by atoms with Crippen molar-refractivity contribution in [1.29, 1.82) is 0 Å². The lowest BCUT2D eigenvalue weighted by atomic mass is 9.76. The number of ketones is 1. The highest BCUT2D eigenvalue weighted by Gasteiger charge is 2.66. The molecule has 0 spiro atoms. The van der Waals surface area contributed by atoms with Gasteiger partial charge in [0.05, 0.1) is 19.1 Å². The molecule has 0 aromatic carbocycles. The number of rotatable bonds is 8. The second-order valence-corrected chi connectivity index (χ2v) is 8.16. The highest BCUT2D eigenvalue weighted by atomic mass is 16.8. The number of carbonyl (C=O) groups excluding carboxylic acids is 1. The predicted molar refractivity (Wildman–Crippen MR) is 96.6 cm³/mol. The van der Waals surface area contributed by atoms with Gasteiger partial charge >= 0.3 is 0 Å². The first-order valence-electron chi connectivity index (χ1n) is 9.71. The van der Waals surface area contributed by atoms with Crippen molar-refractivity contribution in [2.45, 2.75) is 75.1 Å². The molecule has 8 N–H and O–H groups in total. The molecule has 2 aliphatic rings. The summed E-state index contributed by atoms with van der Waals surface area (Å²) in [6.07, 6.45) is -12.3. The topological polar surface area (TPSA) is 207 Å². The largest absolute Gasteiger partial charge is 0.394 e. The van der Waals surface area contributed by atoms with Crippen molar-refractivity contribution in [3.8, 4) is 0 Å². The Balaban J connectivity index is 2.63. The van der Waals surface area contributed by atoms with Gasteiger partial charge in [-0.15, -0.1) is 0 Å². The predicted octanol–water partition coefficient (Wildman–Crippen LogP) is -4.16. The van der Waals surface area contributed by atoms with Crippen LogP contribution in [0.1, 0.15) is 20.8 Å². The van der Waals surface area contributed by atoms with Gasteiger partial charge in [-0.3, -0.25) is 4.79 Å². The minimum atomic E-state index is -2.50. The SMILES string of the molecule is CC(=O)C(C(C)C)[C@@]1(OC2(CO)O[C@H](CO)[C@@H](O)[C@@H]2O)O[C@H](CO)[C@@H](O)[C@H](O)[C@H]1O. The fraction of sp³-hybridized carbons (Fsp3) is 0.944. The normalized spacial score (nSPS) is 45.7. The Hall–Kier alpha value is -0.770. The molecule has 2 fully saturated rings. The number of aliphatic hydroxyl groups is 8. The van der Waals surface area contributed by atoms with Crippen LogP contribution in [0.3, 0.4) is 0 Å². The van der Waals surface area contributed by atoms with E-state index in [1.807, 2.05) is 0 Å². The van der Waals surface area contributed by atoms with Gasteiger partial charge in [-0.25, -0.2) is 0 Å². The number of carbonyl (C=O) groups is 1. The molecule has 0 aromatic heterocycles. The first-order valence-corrected chi connectivity index (χ1v) is 9.71. The van der Waals surface area contributed by atoms with E-state index in [4.69, 9.17) is 14.2 Å². The minimum absolute atomic E-state index is 0.566. The number of hydrogen-bond acceptors (Lipinski definition) is 12. The van der Waals surface area contributed by atoms with Gasteiger partial charge in [0.2, 0.25) is 11.6 Å². The van der Waals surface area contributed by atoms with Crippen LogP contribution in [0.5, 0.6) is 0 Å². The molecule has 0 aliphatic carbocycles. The molecular weight excluding hydrogens is 408 g/mol. The molecule has 0 aromatic rings. The molecule has 0 radical (unpaired) electrons. The van der Waals surface area contributed by atoms with E-state index in [-0.39, 0.29) is 0 Å². The third-order valence-corrected chi connectivity index (χ3v) is 5.76. The number of hydrogen-bond donors (Lipinski definition) is 8. The second kappa shape index (κ2) is 9.38. The van der Waals surface area contributed by atoms with E-state index >= 15 is 0 Å². The summed E-state index contributed by atoms with van der Waals surface area (Å²) in [6, 6.07) is 0. The minimum Gasteiger partial charge on any atom is -0.394 e. The van der Waals surface area contributed by atoms with E-state index in [0.717, 1.165) is 0 Å². The molecule has 176 valence electrons. The molecule has 2 rings (SSSR count). The first kappa shape index (κ1) is 25.5. The van der Waals surface area contributed by atoms with E-state index in [1.165, 1.54) is 6.92 Å². The van der Waals surface area contributed by atoms with E-state index in [1.54, 1.807) is 13.8 Å². The van der Waals surface area contributed by atoms with Crippen LogP contribution in [0.25, 0.3) is 0 Å². The average Bonchev–Trinajstić information content (AvgIpc) is 2.93. The summed E-state index contributed by atoms with van der Waals surface area (Å²) in [5.74, 6) is -7.44. The Morgan fingerprint density at radius 2 is 1.43 bits per heavy atom. The zero-order valence-electron chi connectivity index (χ0n) is 17.0. The first-order chi connectivity index (χ1) is 13.9. The standard InChI is InChI=1S/C18H32O12/c1-7(2)11(8(3)22)18(16(27)14(25)12(23)9(4-19)29-18)30-17(6-21)15(26)13(24)10(5-20)28-17/h7,9-16,19-21,23-27H,4-6H2,1-3H3/t9-,10-,11?,12-,13-,14+,15+,16-,17?,18+/m1/s1. The van der Waals surface area contributed by atoms with Crippen molar-refractivity contribution in [3.05, 3.63) is 0 Å². The Bertz CT molecular complexity index is 600. The van der Waals surface area contributed by atoms with Gasteiger partial charge < -0.3 is 55.1 Å². The van der Waals surface area contributed by atoms with Gasteiger partial charge in [-0.05, 0) is 12.8 Å². The fourth-order valence-corrected chi connectivity index (χ4v) is 4.31. The van der Waals surface area contributed by atoms with Crippen molar-refractivity contribution in [2.24, 2.45) is 11.8 Å². The maximum absolute atomic E-state index is 12.5. The summed E-state index contributed by atoms with van der Waals surface area (Å²) in [4.78, 5) is 12.5. The molecule has 2 unspecified atom stereocenters. The van der Waals surface area contributed by atoms with Gasteiger partial charge in [0, 0.05) is 0 Å². The lowest BCUT2D eigenvalue weighted by Crippen LogP contribution is -2.73. The maximum Gasteiger partial charge on any atom is 0.224 e. The van der Waals surface area contributed by atoms with Crippen molar-refractivity contribution < 1.29 is 59.9 Å². The smallest absolute Gasteiger partial charge is 0.224 e. The summed E-state index contributed by atoms with van der Waals surface area (Å²) in [7, 11) is 0. The van der Waals surface area contributed by atoms with Crippen LogP contribution in [-0.2, 0) is 19.0 Å². The van der Waals surface area contributed by atoms with Crippen molar-refractivity contribution in [3.63, 3.8) is 0 Å². The molecule has 0 saturated carbocycles. The molecule has 10 atom stereocenters. The third kappa shape index (κ3) is 4.02. The third-order valence-electron chi connectivity index (χ3n) is 5.76. The quantitative estimate of drug-likeness (QED) is 0.181. The highest BCUT2D eigenvalue weighted by Crippen LogP contribution is 2.46. The highest BCUT2D eigenvalue weighted by molar-refractivity contribution is 5.79. The molecule has 2 aliphatic heterocycles. The molecule has 30 heavy (non-hydrogen) atoms. The monoisotopic (exact) mass is 440 g/mol. The summed E-state index contributed by atoms with van der Waals surface area (Å²) < 4.78 is 16.8. The number of ether oxygens (including phenoxy) is 3. The fourth-order valence-electron chi connectivity index (χ4n) is 4.31. The Labute approximate surface area is 173 Å². The van der Waals surface area contributed by atoms with Crippen LogP contribution in [-0.4, -0.2) is 121 Å². The molecule has 0 bridgehead atoms. The van der Waals surface area contributed by atoms with Crippen LogP contribution >= 0.6 is 0 Å². The number of aliphatic hydroxyl groups excluding tert-OH is 8. The van der Waals surface area contributed by atoms with Gasteiger partial charge in [0.1, 0.15) is 55.1 Å². The Morgan fingerprint density at radius 1 is 0.900 bits per heavy atom. The lowest BCUT2D eigenvalue weighted by molar-refractivity contribution is -0.446. The Morgan fingerprint density at radius 3 is 1.83 bits per heavy atom. The lowest BCUT2D eigenvalue weighted by Gasteiger charge is -2.54. The van der Waals surface area contributed by atoms with E-state index in [9.17, 15) is 45.6 Å². The van der Waals surface area contributed by atoms with Gasteiger partial charge in [0.25, 0.3) is 0 Å². The molecule has 2 saturated heterocycles. The van der Waals surface area contributed by atoms with Crippen LogP contribution < -0.4 is 0 Å². The second-order valence-electron chi connectivity index (χ2n) is 8.16. The molecular formula is C18H32O12. The van der Waals surface area contributed by atoms with Gasteiger partial charge in [-0.2, -0.15) is 0 Å². The van der Waals surface area contributed by atoms with Crippen LogP contribution in [0, 0.1) is 11.8 Å². The van der Waals surface area contributed by atoms with Crippen LogP contribution in [0.4, 0.5) is 0 Å². The summed E-state index contributed by atoms with van der Waals surface area (Å²) in [5, 5.41) is 80.9. The zero-order valence-corrected chi connectivity index (χ0v) is 17.0. The van der Waals surface area contributed by atoms with E-state index in [2.05, 4.69) is 0 Å². The summed E-state index contributed by atoms with van der Waals surface area (Å²) in [5.41, 5.74) is 0. The number of Topliss-reactive ketones (excluding diaryl/α,β-unsaturated/α-hetero) is 1. The average molecular weight is 440 g/mol. The molecule has 12 heteroatoms. The van der Waals surface area contributed by atoms with Crippen LogP contribution in [0.15, 0.2) is 0 Å². The van der Waals surface area contributed by atoms with Gasteiger partial charge in [0.15, 0.2) is 0 Å². The van der Waals surface area contributed by atoms with Crippen molar-refractivity contribution >= 4 is 5.78 Å². The van der Waals surface area contributed by atoms with E-state index < -0.39 is 91.7 Å². The van der Waals surface area contributed by atoms with Crippen molar-refractivity contribution in [1.82, 2.24) is 0 Å². The Kier molecular flexibility index (Phi) is 7.97.